The zero-order valence-corrected chi connectivity index (χ0v) is 14.7. The van der Waals surface area contributed by atoms with Gasteiger partial charge in [0.15, 0.2) is 6.23 Å². The molecule has 0 aliphatic carbocycles. The predicted molar refractivity (Wildman–Crippen MR) is 98.4 cm³/mol. The molecular formula is C15H11Cl2N3O4S. The van der Waals surface area contributed by atoms with Crippen LogP contribution in [0.3, 0.4) is 0 Å². The van der Waals surface area contributed by atoms with Crippen LogP contribution >= 0.6 is 34.5 Å². The van der Waals surface area contributed by atoms with E-state index in [-0.39, 0.29) is 21.2 Å². The number of carbonyl (C=O) groups excluding carboxylic acids is 1. The zero-order valence-electron chi connectivity index (χ0n) is 12.3. The molecule has 25 heavy (non-hydrogen) atoms. The molecule has 0 fully saturated rings. The highest BCUT2D eigenvalue weighted by molar-refractivity contribution is 7.19. The smallest absolute Gasteiger partial charge is 0.336 e. The molecule has 0 spiro atoms. The summed E-state index contributed by atoms with van der Waals surface area (Å²) in [5, 5.41) is 25.2. The molecule has 1 amide bonds. The molecule has 0 bridgehead atoms. The fraction of sp³-hybridized carbons (Fsp3) is 0.0667. The Morgan fingerprint density at radius 2 is 2.00 bits per heavy atom. The third kappa shape index (κ3) is 3.29. The minimum Gasteiger partial charge on any atom is -0.478 e. The van der Waals surface area contributed by atoms with E-state index >= 15 is 0 Å². The number of nitrogen functional groups attached to an aromatic ring is 1. The Balaban J connectivity index is 1.92. The number of benzene rings is 1. The number of amides is 1. The van der Waals surface area contributed by atoms with Crippen molar-refractivity contribution in [2.24, 2.45) is 0 Å². The molecular weight excluding hydrogens is 389 g/mol. The van der Waals surface area contributed by atoms with Gasteiger partial charge in [-0.25, -0.2) is 4.79 Å². The lowest BCUT2D eigenvalue weighted by Crippen LogP contribution is -2.28. The molecule has 10 heteroatoms. The third-order valence-corrected chi connectivity index (χ3v) is 5.37. The maximum absolute atomic E-state index is 12.5. The molecule has 3 rings (SSSR count). The summed E-state index contributed by atoms with van der Waals surface area (Å²) >= 11 is 12.8. The van der Waals surface area contributed by atoms with E-state index in [9.17, 15) is 14.7 Å². The molecule has 7 nitrogen and oxygen atoms in total. The lowest BCUT2D eigenvalue weighted by molar-refractivity contribution is -0.133. The van der Waals surface area contributed by atoms with Gasteiger partial charge in [-0.15, -0.1) is 11.3 Å². The van der Waals surface area contributed by atoms with Crippen LogP contribution in [-0.2, 0) is 4.79 Å². The van der Waals surface area contributed by atoms with Gasteiger partial charge in [0, 0.05) is 11.3 Å². The minimum atomic E-state index is -1.38. The summed E-state index contributed by atoms with van der Waals surface area (Å²) in [7, 11) is 0. The predicted octanol–water partition coefficient (Wildman–Crippen LogP) is 3.10. The second-order valence-corrected chi connectivity index (χ2v) is 6.96. The summed E-state index contributed by atoms with van der Waals surface area (Å²) in [6, 6.07) is 4.62. The van der Waals surface area contributed by atoms with E-state index < -0.39 is 18.1 Å². The van der Waals surface area contributed by atoms with Gasteiger partial charge < -0.3 is 26.6 Å². The largest absolute Gasteiger partial charge is 0.478 e. The number of rotatable bonds is 3. The summed E-state index contributed by atoms with van der Waals surface area (Å²) in [4.78, 5) is 23.8. The first-order valence-electron chi connectivity index (χ1n) is 6.86. The molecule has 1 atom stereocenters. The van der Waals surface area contributed by atoms with Crippen LogP contribution < -0.4 is 16.4 Å². The first-order chi connectivity index (χ1) is 11.8. The van der Waals surface area contributed by atoms with E-state index in [0.717, 1.165) is 11.3 Å². The second kappa shape index (κ2) is 6.57. The van der Waals surface area contributed by atoms with Crippen molar-refractivity contribution in [1.29, 1.82) is 0 Å². The second-order valence-electron chi connectivity index (χ2n) is 5.12. The highest BCUT2D eigenvalue weighted by Gasteiger charge is 2.29. The third-order valence-electron chi connectivity index (χ3n) is 3.48. The number of fused-ring (bicyclic) bond motifs is 1. The monoisotopic (exact) mass is 399 g/mol. The van der Waals surface area contributed by atoms with E-state index in [1.165, 1.54) is 12.1 Å². The van der Waals surface area contributed by atoms with Crippen LogP contribution in [0.15, 0.2) is 23.8 Å². The van der Waals surface area contributed by atoms with Crippen molar-refractivity contribution in [1.82, 2.24) is 0 Å². The number of aliphatic hydroxyl groups excluding tert-OH is 1. The van der Waals surface area contributed by atoms with Gasteiger partial charge >= 0.3 is 5.97 Å². The molecule has 6 N–H and O–H groups in total. The van der Waals surface area contributed by atoms with Gasteiger partial charge in [-0.05, 0) is 24.3 Å². The SMILES string of the molecule is Nc1c(C(=O)Nc2ccc(Cl)c(Cl)c2)sc2c1C=C(C(=O)O)C(O)N2. The van der Waals surface area contributed by atoms with E-state index in [2.05, 4.69) is 10.6 Å². The van der Waals surface area contributed by atoms with Crippen LogP contribution in [0.5, 0.6) is 0 Å². The van der Waals surface area contributed by atoms with Gasteiger partial charge in [0.1, 0.15) is 9.88 Å². The number of carbonyl (C=O) groups is 2. The van der Waals surface area contributed by atoms with Crippen molar-refractivity contribution in [3.05, 3.63) is 44.3 Å². The summed E-state index contributed by atoms with van der Waals surface area (Å²) in [6.07, 6.45) is -0.130. The number of carboxylic acid groups (broad SMARTS) is 1. The van der Waals surface area contributed by atoms with E-state index in [0.29, 0.717) is 21.3 Å². The van der Waals surface area contributed by atoms with Crippen LogP contribution in [0, 0.1) is 0 Å². The molecule has 0 radical (unpaired) electrons. The molecule has 1 unspecified atom stereocenters. The molecule has 130 valence electrons. The van der Waals surface area contributed by atoms with E-state index in [1.807, 2.05) is 0 Å². The number of hydrogen-bond donors (Lipinski definition) is 5. The summed E-state index contributed by atoms with van der Waals surface area (Å²) < 4.78 is 0. The highest BCUT2D eigenvalue weighted by atomic mass is 35.5. The molecule has 1 aromatic carbocycles. The number of aliphatic hydroxyl groups is 1. The molecule has 2 heterocycles. The summed E-state index contributed by atoms with van der Waals surface area (Å²) in [6.45, 7) is 0. The zero-order chi connectivity index (χ0) is 18.3. The lowest BCUT2D eigenvalue weighted by Gasteiger charge is -2.19. The Morgan fingerprint density at radius 1 is 1.28 bits per heavy atom. The Hall–Kier alpha value is -2.26. The highest BCUT2D eigenvalue weighted by Crippen LogP contribution is 2.41. The number of nitrogens with two attached hydrogens (primary N) is 1. The van der Waals surface area contributed by atoms with Crippen LogP contribution in [0.25, 0.3) is 6.08 Å². The number of nitrogens with one attached hydrogen (secondary N) is 2. The normalized spacial score (nSPS) is 15.8. The number of anilines is 3. The summed E-state index contributed by atoms with van der Waals surface area (Å²) in [5.74, 6) is -1.77. The van der Waals surface area contributed by atoms with Crippen molar-refractivity contribution >= 4 is 68.9 Å². The molecule has 0 saturated carbocycles. The van der Waals surface area contributed by atoms with E-state index in [1.54, 1.807) is 12.1 Å². The molecule has 0 saturated heterocycles. The maximum atomic E-state index is 12.5. The van der Waals surface area contributed by atoms with Crippen molar-refractivity contribution < 1.29 is 19.8 Å². The number of thiophene rings is 1. The van der Waals surface area contributed by atoms with Gasteiger partial charge in [-0.2, -0.15) is 0 Å². The molecule has 1 aliphatic rings. The Bertz CT molecular complexity index is 926. The van der Waals surface area contributed by atoms with Crippen LogP contribution in [0.1, 0.15) is 15.2 Å². The number of hydrogen-bond acceptors (Lipinski definition) is 6. The van der Waals surface area contributed by atoms with Crippen LogP contribution in [0.2, 0.25) is 10.0 Å². The fourth-order valence-electron chi connectivity index (χ4n) is 2.25. The number of aliphatic carboxylic acids is 1. The van der Waals surface area contributed by atoms with Gasteiger partial charge in [-0.3, -0.25) is 4.79 Å². The number of carboxylic acids is 1. The molecule has 1 aromatic heterocycles. The van der Waals surface area contributed by atoms with Gasteiger partial charge in [0.2, 0.25) is 0 Å². The quantitative estimate of drug-likeness (QED) is 0.539. The average Bonchev–Trinajstić information content (AvgIpc) is 2.86. The average molecular weight is 400 g/mol. The van der Waals surface area contributed by atoms with Gasteiger partial charge in [0.05, 0.1) is 21.3 Å². The Kier molecular flexibility index (Phi) is 4.61. The lowest BCUT2D eigenvalue weighted by atomic mass is 10.1. The van der Waals surface area contributed by atoms with Crippen LogP contribution in [-0.4, -0.2) is 28.3 Å². The fourth-order valence-corrected chi connectivity index (χ4v) is 3.57. The first-order valence-corrected chi connectivity index (χ1v) is 8.43. The summed E-state index contributed by atoms with van der Waals surface area (Å²) in [5.41, 5.74) is 6.63. The van der Waals surface area contributed by atoms with Crippen molar-refractivity contribution in [2.45, 2.75) is 6.23 Å². The standard InChI is InChI=1S/C15H11Cl2N3O4S/c16-8-2-1-5(3-9(8)17)19-13(22)11-10(18)6-4-7(15(23)24)12(21)20-14(6)25-11/h1-4,12,20-21H,18H2,(H,19,22)(H,23,24). The van der Waals surface area contributed by atoms with Gasteiger partial charge in [-0.1, -0.05) is 23.2 Å². The van der Waals surface area contributed by atoms with Crippen LogP contribution in [0.4, 0.5) is 16.4 Å². The van der Waals surface area contributed by atoms with Crippen molar-refractivity contribution in [2.75, 3.05) is 16.4 Å². The minimum absolute atomic E-state index is 0.121. The molecule has 2 aromatic rings. The van der Waals surface area contributed by atoms with Crippen molar-refractivity contribution in [3.8, 4) is 0 Å². The van der Waals surface area contributed by atoms with Crippen molar-refractivity contribution in [3.63, 3.8) is 0 Å². The Morgan fingerprint density at radius 3 is 2.64 bits per heavy atom. The molecule has 1 aliphatic heterocycles. The van der Waals surface area contributed by atoms with Gasteiger partial charge in [0.25, 0.3) is 5.91 Å². The first kappa shape index (κ1) is 17.6. The number of halogens is 2. The maximum Gasteiger partial charge on any atom is 0.336 e. The Labute approximate surface area is 155 Å². The van der Waals surface area contributed by atoms with E-state index in [4.69, 9.17) is 34.0 Å². The topological polar surface area (TPSA) is 125 Å².